The molecule has 0 spiro atoms. The van der Waals surface area contributed by atoms with Crippen molar-refractivity contribution in [2.75, 3.05) is 6.61 Å². The standard InChI is InChI=1S/C17H28N2O/c1-3-5-7-13(4-2)12-20-17-15(11-18)10-14-8-6-9-16(14)19-17/h10,13H,3-9,11-12,18H2,1-2H3. The number of ether oxygens (including phenoxy) is 1. The van der Waals surface area contributed by atoms with Gasteiger partial charge in [-0.15, -0.1) is 0 Å². The molecule has 1 atom stereocenters. The quantitative estimate of drug-likeness (QED) is 0.789. The Bertz CT molecular complexity index is 431. The molecule has 0 aromatic carbocycles. The maximum Gasteiger partial charge on any atom is 0.218 e. The Hall–Kier alpha value is -1.09. The van der Waals surface area contributed by atoms with Crippen LogP contribution in [-0.4, -0.2) is 11.6 Å². The second-order valence-electron chi connectivity index (χ2n) is 5.84. The molecule has 1 unspecified atom stereocenters. The van der Waals surface area contributed by atoms with Crippen molar-refractivity contribution < 1.29 is 4.74 Å². The predicted molar refractivity (Wildman–Crippen MR) is 83.0 cm³/mol. The minimum Gasteiger partial charge on any atom is -0.477 e. The maximum atomic E-state index is 6.01. The summed E-state index contributed by atoms with van der Waals surface area (Å²) in [6.07, 6.45) is 8.39. The molecular formula is C17H28N2O. The highest BCUT2D eigenvalue weighted by Gasteiger charge is 2.17. The molecular weight excluding hydrogens is 248 g/mol. The van der Waals surface area contributed by atoms with Crippen LogP contribution in [-0.2, 0) is 19.4 Å². The number of fused-ring (bicyclic) bond motifs is 1. The van der Waals surface area contributed by atoms with Crippen LogP contribution in [0.5, 0.6) is 5.88 Å². The van der Waals surface area contributed by atoms with Crippen LogP contribution in [0.1, 0.15) is 62.8 Å². The Morgan fingerprint density at radius 1 is 1.35 bits per heavy atom. The lowest BCUT2D eigenvalue weighted by Gasteiger charge is -2.17. The van der Waals surface area contributed by atoms with Crippen molar-refractivity contribution in [3.05, 3.63) is 22.9 Å². The van der Waals surface area contributed by atoms with Gasteiger partial charge in [-0.25, -0.2) is 4.98 Å². The van der Waals surface area contributed by atoms with E-state index in [1.807, 2.05) is 0 Å². The Balaban J connectivity index is 2.01. The number of rotatable bonds is 8. The Labute approximate surface area is 122 Å². The molecule has 112 valence electrons. The van der Waals surface area contributed by atoms with Gasteiger partial charge in [-0.2, -0.15) is 0 Å². The molecule has 3 heteroatoms. The van der Waals surface area contributed by atoms with Crippen molar-refractivity contribution >= 4 is 0 Å². The highest BCUT2D eigenvalue weighted by atomic mass is 16.5. The largest absolute Gasteiger partial charge is 0.477 e. The number of pyridine rings is 1. The SMILES string of the molecule is CCCCC(CC)COc1nc2c(cc1CN)CCC2. The van der Waals surface area contributed by atoms with Crippen molar-refractivity contribution in [2.24, 2.45) is 11.7 Å². The van der Waals surface area contributed by atoms with Gasteiger partial charge in [0.25, 0.3) is 0 Å². The van der Waals surface area contributed by atoms with E-state index >= 15 is 0 Å². The van der Waals surface area contributed by atoms with Crippen LogP contribution in [0.25, 0.3) is 0 Å². The van der Waals surface area contributed by atoms with Gasteiger partial charge in [-0.05, 0) is 43.2 Å². The number of unbranched alkanes of at least 4 members (excludes halogenated alkanes) is 1. The molecule has 0 bridgehead atoms. The van der Waals surface area contributed by atoms with Crippen LogP contribution in [0.3, 0.4) is 0 Å². The molecule has 0 aliphatic heterocycles. The molecule has 0 fully saturated rings. The third-order valence-electron chi connectivity index (χ3n) is 4.31. The van der Waals surface area contributed by atoms with Crippen molar-refractivity contribution in [3.8, 4) is 5.88 Å². The van der Waals surface area contributed by atoms with E-state index in [0.717, 1.165) is 30.9 Å². The monoisotopic (exact) mass is 276 g/mol. The fourth-order valence-electron chi connectivity index (χ4n) is 2.87. The van der Waals surface area contributed by atoms with Gasteiger partial charge in [0.15, 0.2) is 0 Å². The number of nitrogens with two attached hydrogens (primary N) is 1. The van der Waals surface area contributed by atoms with Crippen LogP contribution in [0, 0.1) is 5.92 Å². The number of hydrogen-bond donors (Lipinski definition) is 1. The number of aryl methyl sites for hydroxylation is 2. The molecule has 2 rings (SSSR count). The van der Waals surface area contributed by atoms with E-state index in [4.69, 9.17) is 15.5 Å². The summed E-state index contributed by atoms with van der Waals surface area (Å²) in [6.45, 7) is 5.77. The Kier molecular flexibility index (Phi) is 5.84. The highest BCUT2D eigenvalue weighted by Crippen LogP contribution is 2.27. The summed E-state index contributed by atoms with van der Waals surface area (Å²) in [7, 11) is 0. The lowest BCUT2D eigenvalue weighted by molar-refractivity contribution is 0.223. The van der Waals surface area contributed by atoms with Crippen LogP contribution < -0.4 is 10.5 Å². The van der Waals surface area contributed by atoms with E-state index in [-0.39, 0.29) is 0 Å². The zero-order chi connectivity index (χ0) is 14.4. The smallest absolute Gasteiger partial charge is 0.218 e. The minimum atomic E-state index is 0.515. The summed E-state index contributed by atoms with van der Waals surface area (Å²) in [6, 6.07) is 2.21. The van der Waals surface area contributed by atoms with E-state index in [9.17, 15) is 0 Å². The molecule has 1 aromatic rings. The summed E-state index contributed by atoms with van der Waals surface area (Å²) in [5, 5.41) is 0. The average Bonchev–Trinajstić information content (AvgIpc) is 2.93. The van der Waals surface area contributed by atoms with Crippen LogP contribution in [0.15, 0.2) is 6.07 Å². The molecule has 0 saturated heterocycles. The summed E-state index contributed by atoms with van der Waals surface area (Å²) in [5.41, 5.74) is 9.50. The van der Waals surface area contributed by atoms with Gasteiger partial charge in [0.05, 0.1) is 6.61 Å². The van der Waals surface area contributed by atoms with Gasteiger partial charge in [0.2, 0.25) is 5.88 Å². The van der Waals surface area contributed by atoms with E-state index < -0.39 is 0 Å². The second kappa shape index (κ2) is 7.63. The van der Waals surface area contributed by atoms with Crippen molar-refractivity contribution in [3.63, 3.8) is 0 Å². The topological polar surface area (TPSA) is 48.1 Å². The first-order valence-electron chi connectivity index (χ1n) is 8.13. The molecule has 3 nitrogen and oxygen atoms in total. The van der Waals surface area contributed by atoms with Crippen LogP contribution in [0.4, 0.5) is 0 Å². The third-order valence-corrected chi connectivity index (χ3v) is 4.31. The first-order valence-corrected chi connectivity index (χ1v) is 8.13. The van der Waals surface area contributed by atoms with Gasteiger partial charge in [0.1, 0.15) is 0 Å². The zero-order valence-electron chi connectivity index (χ0n) is 13.0. The summed E-state index contributed by atoms with van der Waals surface area (Å²) in [5.74, 6) is 1.42. The van der Waals surface area contributed by atoms with Gasteiger partial charge in [-0.1, -0.05) is 33.1 Å². The highest BCUT2D eigenvalue weighted by molar-refractivity contribution is 5.36. The summed E-state index contributed by atoms with van der Waals surface area (Å²) in [4.78, 5) is 4.71. The van der Waals surface area contributed by atoms with Gasteiger partial charge in [0, 0.05) is 17.8 Å². The van der Waals surface area contributed by atoms with E-state index in [2.05, 4.69) is 19.9 Å². The molecule has 2 N–H and O–H groups in total. The molecule has 0 radical (unpaired) electrons. The van der Waals surface area contributed by atoms with Crippen molar-refractivity contribution in [1.29, 1.82) is 0 Å². The van der Waals surface area contributed by atoms with E-state index in [1.54, 1.807) is 0 Å². The summed E-state index contributed by atoms with van der Waals surface area (Å²) < 4.78 is 6.01. The molecule has 1 aliphatic carbocycles. The lowest BCUT2D eigenvalue weighted by atomic mass is 10.0. The first kappa shape index (κ1) is 15.3. The van der Waals surface area contributed by atoms with Gasteiger partial charge >= 0.3 is 0 Å². The number of hydrogen-bond acceptors (Lipinski definition) is 3. The number of aromatic nitrogens is 1. The molecule has 20 heavy (non-hydrogen) atoms. The molecule has 1 aromatic heterocycles. The molecule has 0 saturated carbocycles. The first-order chi connectivity index (χ1) is 9.78. The van der Waals surface area contributed by atoms with Crippen molar-refractivity contribution in [1.82, 2.24) is 4.98 Å². The van der Waals surface area contributed by atoms with Gasteiger partial charge in [-0.3, -0.25) is 0 Å². The predicted octanol–water partition coefficient (Wildman–Crippen LogP) is 3.62. The third kappa shape index (κ3) is 3.72. The zero-order valence-corrected chi connectivity index (χ0v) is 13.0. The molecule has 1 heterocycles. The summed E-state index contributed by atoms with van der Waals surface area (Å²) >= 11 is 0. The fourth-order valence-corrected chi connectivity index (χ4v) is 2.87. The second-order valence-corrected chi connectivity index (χ2v) is 5.84. The van der Waals surface area contributed by atoms with Crippen molar-refractivity contribution in [2.45, 2.75) is 65.3 Å². The fraction of sp³-hybridized carbons (Fsp3) is 0.706. The Morgan fingerprint density at radius 3 is 2.90 bits per heavy atom. The van der Waals surface area contributed by atoms with E-state index in [1.165, 1.54) is 43.4 Å². The minimum absolute atomic E-state index is 0.515. The normalized spacial score (nSPS) is 15.2. The van der Waals surface area contributed by atoms with E-state index in [0.29, 0.717) is 12.5 Å². The Morgan fingerprint density at radius 2 is 2.20 bits per heavy atom. The van der Waals surface area contributed by atoms with Gasteiger partial charge < -0.3 is 10.5 Å². The van der Waals surface area contributed by atoms with Crippen LogP contribution >= 0.6 is 0 Å². The van der Waals surface area contributed by atoms with Crippen LogP contribution in [0.2, 0.25) is 0 Å². The molecule has 1 aliphatic rings. The molecule has 0 amide bonds. The number of nitrogens with zero attached hydrogens (tertiary/aromatic N) is 1. The average molecular weight is 276 g/mol. The maximum absolute atomic E-state index is 6.01. The lowest BCUT2D eigenvalue weighted by Crippen LogP contribution is -2.14.